The Morgan fingerprint density at radius 1 is 1.25 bits per heavy atom. The summed E-state index contributed by atoms with van der Waals surface area (Å²) < 4.78 is 12.9. The maximum atomic E-state index is 12.9. The summed E-state index contributed by atoms with van der Waals surface area (Å²) in [5.74, 6) is -0.328. The van der Waals surface area contributed by atoms with Gasteiger partial charge in [0.25, 0.3) is 0 Å². The molecule has 0 unspecified atom stereocenters. The van der Waals surface area contributed by atoms with Gasteiger partial charge in [0.05, 0.1) is 9.82 Å². The number of nitrogens with zero attached hydrogens (tertiary/aromatic N) is 1. The van der Waals surface area contributed by atoms with E-state index < -0.39 is 4.92 Å². The molecule has 104 valence electrons. The van der Waals surface area contributed by atoms with Crippen LogP contribution in [-0.2, 0) is 0 Å². The van der Waals surface area contributed by atoms with Crippen molar-refractivity contribution in [1.82, 2.24) is 0 Å². The van der Waals surface area contributed by atoms with Crippen molar-refractivity contribution in [3.8, 4) is 0 Å². The lowest BCUT2D eigenvalue weighted by Crippen LogP contribution is -2.02. The molecule has 0 saturated heterocycles. The van der Waals surface area contributed by atoms with Gasteiger partial charge < -0.3 is 5.32 Å². The van der Waals surface area contributed by atoms with Crippen LogP contribution in [0, 0.1) is 15.9 Å². The second kappa shape index (κ2) is 6.38. The summed E-state index contributed by atoms with van der Waals surface area (Å²) in [6.07, 6.45) is 0. The third-order valence-electron chi connectivity index (χ3n) is 2.59. The third kappa shape index (κ3) is 3.27. The summed E-state index contributed by atoms with van der Waals surface area (Å²) in [7, 11) is 0. The highest BCUT2D eigenvalue weighted by Crippen LogP contribution is 2.39. The molecular formula is C14H13FN2O2S. The molecule has 20 heavy (non-hydrogen) atoms. The predicted molar refractivity (Wildman–Crippen MR) is 77.8 cm³/mol. The molecule has 0 fully saturated rings. The van der Waals surface area contributed by atoms with E-state index in [0.29, 0.717) is 17.1 Å². The van der Waals surface area contributed by atoms with Crippen LogP contribution in [0.3, 0.4) is 0 Å². The van der Waals surface area contributed by atoms with Crippen LogP contribution >= 0.6 is 11.8 Å². The van der Waals surface area contributed by atoms with E-state index in [-0.39, 0.29) is 11.5 Å². The number of nitrogens with one attached hydrogen (secondary N) is 1. The van der Waals surface area contributed by atoms with Gasteiger partial charge in [-0.2, -0.15) is 0 Å². The highest BCUT2D eigenvalue weighted by atomic mass is 32.2. The molecule has 0 spiro atoms. The Morgan fingerprint density at radius 3 is 2.55 bits per heavy atom. The molecule has 0 amide bonds. The Kier molecular flexibility index (Phi) is 4.57. The minimum absolute atomic E-state index is 0.0451. The Bertz CT molecular complexity index is 617. The highest BCUT2D eigenvalue weighted by Gasteiger charge is 2.19. The number of rotatable bonds is 5. The zero-order chi connectivity index (χ0) is 14.5. The van der Waals surface area contributed by atoms with E-state index in [1.165, 1.54) is 23.9 Å². The first-order valence-electron chi connectivity index (χ1n) is 6.06. The lowest BCUT2D eigenvalue weighted by atomic mass is 10.2. The topological polar surface area (TPSA) is 55.2 Å². The average Bonchev–Trinajstić information content (AvgIpc) is 2.41. The molecule has 0 aliphatic rings. The van der Waals surface area contributed by atoms with Crippen molar-refractivity contribution in [2.75, 3.05) is 11.9 Å². The molecule has 6 heteroatoms. The Labute approximate surface area is 120 Å². The van der Waals surface area contributed by atoms with Crippen LogP contribution in [0.25, 0.3) is 0 Å². The molecule has 0 radical (unpaired) electrons. The highest BCUT2D eigenvalue weighted by molar-refractivity contribution is 7.99. The molecule has 1 N–H and O–H groups in total. The lowest BCUT2D eigenvalue weighted by molar-refractivity contribution is -0.386. The molecule has 2 rings (SSSR count). The van der Waals surface area contributed by atoms with E-state index in [1.807, 2.05) is 6.92 Å². The Hall–Kier alpha value is -2.08. The number of hydrogen-bond acceptors (Lipinski definition) is 4. The number of nitro benzene ring substituents is 1. The van der Waals surface area contributed by atoms with Gasteiger partial charge in [-0.05, 0) is 43.3 Å². The molecule has 0 atom stereocenters. The molecule has 0 heterocycles. The molecule has 4 nitrogen and oxygen atoms in total. The zero-order valence-electron chi connectivity index (χ0n) is 10.8. The van der Waals surface area contributed by atoms with Crippen molar-refractivity contribution in [2.45, 2.75) is 16.7 Å². The number of para-hydroxylation sites is 1. The maximum absolute atomic E-state index is 12.9. The molecule has 0 aromatic heterocycles. The van der Waals surface area contributed by atoms with Crippen molar-refractivity contribution in [1.29, 1.82) is 0 Å². The number of hydrogen-bond donors (Lipinski definition) is 1. The number of halogens is 1. The van der Waals surface area contributed by atoms with Gasteiger partial charge in [0.2, 0.25) is 0 Å². The average molecular weight is 292 g/mol. The van der Waals surface area contributed by atoms with Crippen molar-refractivity contribution in [3.05, 3.63) is 58.4 Å². The van der Waals surface area contributed by atoms with Gasteiger partial charge in [0.15, 0.2) is 0 Å². The van der Waals surface area contributed by atoms with Gasteiger partial charge in [0.1, 0.15) is 11.5 Å². The van der Waals surface area contributed by atoms with E-state index in [1.54, 1.807) is 30.3 Å². The summed E-state index contributed by atoms with van der Waals surface area (Å²) in [5, 5.41) is 14.2. The molecule has 0 saturated carbocycles. The second-order valence-electron chi connectivity index (χ2n) is 4.00. The summed E-state index contributed by atoms with van der Waals surface area (Å²) in [4.78, 5) is 12.1. The third-order valence-corrected chi connectivity index (χ3v) is 3.65. The van der Waals surface area contributed by atoms with Crippen LogP contribution in [0.5, 0.6) is 0 Å². The maximum Gasteiger partial charge on any atom is 0.306 e. The van der Waals surface area contributed by atoms with Crippen molar-refractivity contribution in [2.24, 2.45) is 0 Å². The largest absolute Gasteiger partial charge is 0.380 e. The standard InChI is InChI=1S/C14H13FN2O2S/c1-2-16-12-4-3-5-13(14(12)17(18)19)20-11-8-6-10(15)7-9-11/h3-9,16H,2H2,1H3. The van der Waals surface area contributed by atoms with Crippen LogP contribution < -0.4 is 5.32 Å². The van der Waals surface area contributed by atoms with E-state index in [2.05, 4.69) is 5.32 Å². The first-order valence-corrected chi connectivity index (χ1v) is 6.88. The lowest BCUT2D eigenvalue weighted by Gasteiger charge is -2.08. The molecule has 2 aromatic carbocycles. The van der Waals surface area contributed by atoms with Crippen molar-refractivity contribution < 1.29 is 9.31 Å². The quantitative estimate of drug-likeness (QED) is 0.658. The van der Waals surface area contributed by atoms with Crippen LogP contribution in [0.15, 0.2) is 52.3 Å². The summed E-state index contributed by atoms with van der Waals surface area (Å²) in [6.45, 7) is 2.48. The van der Waals surface area contributed by atoms with Crippen LogP contribution in [0.1, 0.15) is 6.92 Å². The molecule has 0 aliphatic heterocycles. The molecule has 2 aromatic rings. The van der Waals surface area contributed by atoms with Gasteiger partial charge >= 0.3 is 5.69 Å². The van der Waals surface area contributed by atoms with Gasteiger partial charge in [-0.1, -0.05) is 17.8 Å². The second-order valence-corrected chi connectivity index (χ2v) is 5.11. The smallest absolute Gasteiger partial charge is 0.306 e. The van der Waals surface area contributed by atoms with Gasteiger partial charge in [-0.15, -0.1) is 0 Å². The fourth-order valence-electron chi connectivity index (χ4n) is 1.76. The van der Waals surface area contributed by atoms with E-state index in [4.69, 9.17) is 0 Å². The summed E-state index contributed by atoms with van der Waals surface area (Å²) >= 11 is 1.24. The zero-order valence-corrected chi connectivity index (χ0v) is 11.6. The first-order chi connectivity index (χ1) is 9.61. The monoisotopic (exact) mass is 292 g/mol. The SMILES string of the molecule is CCNc1cccc(Sc2ccc(F)cc2)c1[N+](=O)[O-]. The fraction of sp³-hybridized carbons (Fsp3) is 0.143. The van der Waals surface area contributed by atoms with E-state index in [9.17, 15) is 14.5 Å². The van der Waals surface area contributed by atoms with Crippen LogP contribution in [-0.4, -0.2) is 11.5 Å². The van der Waals surface area contributed by atoms with Crippen molar-refractivity contribution in [3.63, 3.8) is 0 Å². The normalized spacial score (nSPS) is 10.3. The van der Waals surface area contributed by atoms with E-state index >= 15 is 0 Å². The molecular weight excluding hydrogens is 279 g/mol. The summed E-state index contributed by atoms with van der Waals surface area (Å²) in [5.41, 5.74) is 0.535. The van der Waals surface area contributed by atoms with Crippen molar-refractivity contribution >= 4 is 23.1 Å². The fourth-order valence-corrected chi connectivity index (χ4v) is 2.71. The first kappa shape index (κ1) is 14.3. The molecule has 0 bridgehead atoms. The minimum atomic E-state index is -0.399. The van der Waals surface area contributed by atoms with E-state index in [0.717, 1.165) is 4.90 Å². The van der Waals surface area contributed by atoms with Crippen LogP contribution in [0.2, 0.25) is 0 Å². The number of benzene rings is 2. The summed E-state index contributed by atoms with van der Waals surface area (Å²) in [6, 6.07) is 11.0. The van der Waals surface area contributed by atoms with Gasteiger partial charge in [0, 0.05) is 11.4 Å². The number of anilines is 1. The molecule has 0 aliphatic carbocycles. The Balaban J connectivity index is 2.37. The predicted octanol–water partition coefficient (Wildman–Crippen LogP) is 4.32. The van der Waals surface area contributed by atoms with Gasteiger partial charge in [-0.3, -0.25) is 10.1 Å². The van der Waals surface area contributed by atoms with Gasteiger partial charge in [-0.25, -0.2) is 4.39 Å². The number of nitro groups is 1. The Morgan fingerprint density at radius 2 is 1.95 bits per heavy atom. The van der Waals surface area contributed by atoms with Crippen LogP contribution in [0.4, 0.5) is 15.8 Å². The minimum Gasteiger partial charge on any atom is -0.380 e.